The molecule has 3 aromatic carbocycles. The quantitative estimate of drug-likeness (QED) is 0.750. The zero-order valence-corrected chi connectivity index (χ0v) is 13.8. The van der Waals surface area contributed by atoms with Crippen molar-refractivity contribution in [3.05, 3.63) is 65.7 Å². The van der Waals surface area contributed by atoms with E-state index >= 15 is 0 Å². The summed E-state index contributed by atoms with van der Waals surface area (Å²) in [5, 5.41) is 5.88. The third kappa shape index (κ3) is 2.78. The van der Waals surface area contributed by atoms with E-state index in [0.29, 0.717) is 6.61 Å². The third-order valence-electron chi connectivity index (χ3n) is 4.57. The number of aryl methyl sites for hydroxylation is 1. The van der Waals surface area contributed by atoms with Crippen LogP contribution in [0.1, 0.15) is 17.5 Å². The molecular formula is C21H21NO2. The van der Waals surface area contributed by atoms with Gasteiger partial charge in [-0.1, -0.05) is 30.3 Å². The van der Waals surface area contributed by atoms with Gasteiger partial charge < -0.3 is 14.8 Å². The van der Waals surface area contributed by atoms with Crippen molar-refractivity contribution in [3.63, 3.8) is 0 Å². The predicted molar refractivity (Wildman–Crippen MR) is 98.1 cm³/mol. The Bertz CT molecular complexity index is 859. The van der Waals surface area contributed by atoms with Crippen LogP contribution in [-0.2, 0) is 13.0 Å². The minimum Gasteiger partial charge on any atom is -0.497 e. The second-order valence-corrected chi connectivity index (χ2v) is 6.12. The number of fused-ring (bicyclic) bond motifs is 3. The number of methoxy groups -OCH3 is 1. The van der Waals surface area contributed by atoms with Gasteiger partial charge in [-0.15, -0.1) is 0 Å². The van der Waals surface area contributed by atoms with E-state index in [1.807, 2.05) is 24.3 Å². The predicted octanol–water partition coefficient (Wildman–Crippen LogP) is 4.79. The van der Waals surface area contributed by atoms with E-state index in [-0.39, 0.29) is 0 Å². The average Bonchev–Trinajstić information content (AvgIpc) is 2.66. The van der Waals surface area contributed by atoms with Crippen molar-refractivity contribution in [2.24, 2.45) is 0 Å². The molecule has 3 heteroatoms. The number of ether oxygens (including phenoxy) is 2. The number of benzene rings is 3. The summed E-state index contributed by atoms with van der Waals surface area (Å²) in [6.45, 7) is 1.58. The number of nitrogens with one attached hydrogen (secondary N) is 1. The summed E-state index contributed by atoms with van der Waals surface area (Å²) in [7, 11) is 1.71. The van der Waals surface area contributed by atoms with Gasteiger partial charge in [0.05, 0.1) is 7.11 Å². The van der Waals surface area contributed by atoms with Crippen LogP contribution < -0.4 is 14.8 Å². The first kappa shape index (κ1) is 14.9. The standard InChI is InChI=1S/C21H21NO2/c1-23-16-9-10-18-19(12-16)17-8-5-11-22-20(17)13-21(18)24-14-15-6-3-2-4-7-15/h2-4,6-7,9-10,12-13,22H,5,8,11,14H2,1H3. The van der Waals surface area contributed by atoms with E-state index in [9.17, 15) is 0 Å². The highest BCUT2D eigenvalue weighted by Gasteiger charge is 2.16. The van der Waals surface area contributed by atoms with E-state index in [1.165, 1.54) is 22.2 Å². The van der Waals surface area contributed by atoms with Crippen molar-refractivity contribution in [2.45, 2.75) is 19.4 Å². The van der Waals surface area contributed by atoms with Crippen molar-refractivity contribution in [1.29, 1.82) is 0 Å². The summed E-state index contributed by atoms with van der Waals surface area (Å²) in [4.78, 5) is 0. The molecule has 1 aliphatic heterocycles. The second kappa shape index (κ2) is 6.44. The maximum Gasteiger partial charge on any atom is 0.129 e. The van der Waals surface area contributed by atoms with Gasteiger partial charge in [-0.05, 0) is 47.6 Å². The Labute approximate surface area is 142 Å². The highest BCUT2D eigenvalue weighted by Crippen LogP contribution is 2.38. The molecule has 0 unspecified atom stereocenters. The Morgan fingerprint density at radius 2 is 1.88 bits per heavy atom. The number of rotatable bonds is 4. The van der Waals surface area contributed by atoms with Crippen LogP contribution in [0.25, 0.3) is 10.8 Å². The summed E-state index contributed by atoms with van der Waals surface area (Å²) in [6.07, 6.45) is 2.24. The van der Waals surface area contributed by atoms with Gasteiger partial charge in [0, 0.05) is 23.7 Å². The SMILES string of the molecule is COc1ccc2c(OCc3ccccc3)cc3c(c2c1)CCCN3. The lowest BCUT2D eigenvalue weighted by molar-refractivity contribution is 0.310. The lowest BCUT2D eigenvalue weighted by atomic mass is 9.95. The van der Waals surface area contributed by atoms with E-state index in [1.54, 1.807) is 7.11 Å². The van der Waals surface area contributed by atoms with Gasteiger partial charge in [0.1, 0.15) is 18.1 Å². The van der Waals surface area contributed by atoms with E-state index in [0.717, 1.165) is 36.3 Å². The molecule has 0 aliphatic carbocycles. The number of hydrogen-bond acceptors (Lipinski definition) is 3. The van der Waals surface area contributed by atoms with Crippen molar-refractivity contribution in [1.82, 2.24) is 0 Å². The summed E-state index contributed by atoms with van der Waals surface area (Å²) in [6, 6.07) is 18.6. The van der Waals surface area contributed by atoms with Gasteiger partial charge in [-0.2, -0.15) is 0 Å². The van der Waals surface area contributed by atoms with Crippen molar-refractivity contribution in [3.8, 4) is 11.5 Å². The van der Waals surface area contributed by atoms with Crippen LogP contribution in [0.3, 0.4) is 0 Å². The molecule has 24 heavy (non-hydrogen) atoms. The highest BCUT2D eigenvalue weighted by atomic mass is 16.5. The molecule has 3 nitrogen and oxygen atoms in total. The largest absolute Gasteiger partial charge is 0.497 e. The van der Waals surface area contributed by atoms with Crippen LogP contribution in [0.2, 0.25) is 0 Å². The van der Waals surface area contributed by atoms with Crippen molar-refractivity contribution >= 4 is 16.5 Å². The summed E-state index contributed by atoms with van der Waals surface area (Å²) in [5.74, 6) is 1.81. The summed E-state index contributed by atoms with van der Waals surface area (Å²) < 4.78 is 11.6. The van der Waals surface area contributed by atoms with Gasteiger partial charge in [0.25, 0.3) is 0 Å². The smallest absolute Gasteiger partial charge is 0.129 e. The Balaban J connectivity index is 1.77. The zero-order chi connectivity index (χ0) is 16.4. The molecule has 1 aliphatic rings. The Kier molecular flexibility index (Phi) is 3.99. The van der Waals surface area contributed by atoms with Crippen LogP contribution in [0, 0.1) is 0 Å². The Morgan fingerprint density at radius 3 is 2.71 bits per heavy atom. The first-order valence-electron chi connectivity index (χ1n) is 8.39. The highest BCUT2D eigenvalue weighted by molar-refractivity contribution is 5.96. The molecular weight excluding hydrogens is 298 g/mol. The fourth-order valence-corrected chi connectivity index (χ4v) is 3.33. The van der Waals surface area contributed by atoms with Crippen LogP contribution in [0.15, 0.2) is 54.6 Å². The minimum absolute atomic E-state index is 0.570. The Hall–Kier alpha value is -2.68. The molecule has 3 aromatic rings. The lowest BCUT2D eigenvalue weighted by Gasteiger charge is -2.22. The van der Waals surface area contributed by atoms with Crippen molar-refractivity contribution < 1.29 is 9.47 Å². The molecule has 0 aromatic heterocycles. The van der Waals surface area contributed by atoms with Gasteiger partial charge >= 0.3 is 0 Å². The molecule has 0 saturated carbocycles. The molecule has 0 atom stereocenters. The molecule has 122 valence electrons. The van der Waals surface area contributed by atoms with Crippen molar-refractivity contribution in [2.75, 3.05) is 19.0 Å². The lowest BCUT2D eigenvalue weighted by Crippen LogP contribution is -2.12. The van der Waals surface area contributed by atoms with E-state index < -0.39 is 0 Å². The molecule has 0 bridgehead atoms. The zero-order valence-electron chi connectivity index (χ0n) is 13.8. The maximum absolute atomic E-state index is 6.16. The molecule has 1 N–H and O–H groups in total. The van der Waals surface area contributed by atoms with Gasteiger partial charge in [0.15, 0.2) is 0 Å². The van der Waals surface area contributed by atoms with Gasteiger partial charge in [-0.3, -0.25) is 0 Å². The van der Waals surface area contributed by atoms with Gasteiger partial charge in [-0.25, -0.2) is 0 Å². The average molecular weight is 319 g/mol. The van der Waals surface area contributed by atoms with Crippen LogP contribution in [0.4, 0.5) is 5.69 Å². The molecule has 0 amide bonds. The topological polar surface area (TPSA) is 30.5 Å². The van der Waals surface area contributed by atoms with E-state index in [2.05, 4.69) is 35.6 Å². The number of anilines is 1. The Morgan fingerprint density at radius 1 is 1.00 bits per heavy atom. The fraction of sp³-hybridized carbons (Fsp3) is 0.238. The summed E-state index contributed by atoms with van der Waals surface area (Å²) >= 11 is 0. The molecule has 0 spiro atoms. The maximum atomic E-state index is 6.16. The van der Waals surface area contributed by atoms with Gasteiger partial charge in [0.2, 0.25) is 0 Å². The molecule has 4 rings (SSSR count). The fourth-order valence-electron chi connectivity index (χ4n) is 3.33. The first-order valence-corrected chi connectivity index (χ1v) is 8.39. The van der Waals surface area contributed by atoms with Crippen LogP contribution in [0.5, 0.6) is 11.5 Å². The molecule has 0 fully saturated rings. The molecule has 1 heterocycles. The molecule has 0 radical (unpaired) electrons. The number of hydrogen-bond donors (Lipinski definition) is 1. The first-order chi connectivity index (χ1) is 11.8. The molecule has 0 saturated heterocycles. The summed E-state index contributed by atoms with van der Waals surface area (Å²) in [5.41, 5.74) is 3.72. The normalized spacial score (nSPS) is 13.2. The van der Waals surface area contributed by atoms with E-state index in [4.69, 9.17) is 9.47 Å². The monoisotopic (exact) mass is 319 g/mol. The minimum atomic E-state index is 0.570. The van der Waals surface area contributed by atoms with Crippen LogP contribution in [-0.4, -0.2) is 13.7 Å². The second-order valence-electron chi connectivity index (χ2n) is 6.12. The van der Waals surface area contributed by atoms with Crippen LogP contribution >= 0.6 is 0 Å². The third-order valence-corrected chi connectivity index (χ3v) is 4.57.